The molecule has 0 unspecified atom stereocenters. The molecule has 41 valence electrons. The van der Waals surface area contributed by atoms with Crippen molar-refractivity contribution in [3.8, 4) is 0 Å². The smallest absolute Gasteiger partial charge is 0.252 e. The van der Waals surface area contributed by atoms with Gasteiger partial charge in [-0.05, 0) is 0 Å². The predicted molar refractivity (Wildman–Crippen MR) is 25.9 cm³/mol. The Kier molecular flexibility index (Phi) is 0.997. The Balaban J connectivity index is 2.93. The lowest BCUT2D eigenvalue weighted by molar-refractivity contribution is 0.1000. The van der Waals surface area contributed by atoms with Crippen LogP contribution in [0.4, 0.5) is 0 Å². The third kappa shape index (κ3) is 0.676. The van der Waals surface area contributed by atoms with Crippen LogP contribution in [-0.2, 0) is 0 Å². The second kappa shape index (κ2) is 1.65. The summed E-state index contributed by atoms with van der Waals surface area (Å²) in [4.78, 5) is 10.2. The lowest BCUT2D eigenvalue weighted by atomic mass is 10.4. The monoisotopic (exact) mass is 110 g/mol. The van der Waals surface area contributed by atoms with Crippen LogP contribution >= 0.6 is 0 Å². The SMILES string of the molecule is NC(=O)c1[c]n[nH]c1. The summed E-state index contributed by atoms with van der Waals surface area (Å²) in [5.41, 5.74) is 5.11. The Morgan fingerprint density at radius 1 is 2.00 bits per heavy atom. The van der Waals surface area contributed by atoms with Crippen molar-refractivity contribution in [1.29, 1.82) is 0 Å². The van der Waals surface area contributed by atoms with Gasteiger partial charge in [-0.15, -0.1) is 0 Å². The average Bonchev–Trinajstić information content (AvgIpc) is 2.12. The van der Waals surface area contributed by atoms with E-state index in [-0.39, 0.29) is 5.56 Å². The van der Waals surface area contributed by atoms with Gasteiger partial charge in [0.15, 0.2) is 0 Å². The van der Waals surface area contributed by atoms with Gasteiger partial charge in [0, 0.05) is 6.20 Å². The molecule has 1 aromatic rings. The largest absolute Gasteiger partial charge is 0.365 e. The van der Waals surface area contributed by atoms with Crippen LogP contribution in [0.5, 0.6) is 0 Å². The first-order valence-corrected chi connectivity index (χ1v) is 2.02. The van der Waals surface area contributed by atoms with E-state index >= 15 is 0 Å². The zero-order valence-electron chi connectivity index (χ0n) is 4.01. The fourth-order valence-electron chi connectivity index (χ4n) is 0.348. The lowest BCUT2D eigenvalue weighted by Crippen LogP contribution is -2.09. The number of carbonyl (C=O) groups is 1. The molecule has 1 amide bonds. The number of carbonyl (C=O) groups excluding carboxylic acids is 1. The minimum Gasteiger partial charge on any atom is -0.365 e. The zero-order valence-corrected chi connectivity index (χ0v) is 4.01. The number of hydrogen-bond acceptors (Lipinski definition) is 2. The van der Waals surface area contributed by atoms with E-state index in [1.165, 1.54) is 6.20 Å². The third-order valence-corrected chi connectivity index (χ3v) is 0.715. The highest BCUT2D eigenvalue weighted by Gasteiger charge is 1.97. The highest BCUT2D eigenvalue weighted by molar-refractivity contribution is 5.91. The van der Waals surface area contributed by atoms with Gasteiger partial charge in [-0.1, -0.05) is 0 Å². The molecular weight excluding hydrogens is 106 g/mol. The van der Waals surface area contributed by atoms with Gasteiger partial charge in [0.1, 0.15) is 6.20 Å². The normalized spacial score (nSPS) is 9.00. The van der Waals surface area contributed by atoms with E-state index in [2.05, 4.69) is 16.4 Å². The topological polar surface area (TPSA) is 71.8 Å². The number of rotatable bonds is 1. The summed E-state index contributed by atoms with van der Waals surface area (Å²) < 4.78 is 0. The van der Waals surface area contributed by atoms with Crippen LogP contribution in [0.3, 0.4) is 0 Å². The summed E-state index contributed by atoms with van der Waals surface area (Å²) in [5, 5.41) is 5.80. The van der Waals surface area contributed by atoms with E-state index in [4.69, 9.17) is 5.73 Å². The van der Waals surface area contributed by atoms with E-state index < -0.39 is 5.91 Å². The molecule has 0 saturated heterocycles. The summed E-state index contributed by atoms with van der Waals surface area (Å²) in [5.74, 6) is -0.515. The van der Waals surface area contributed by atoms with Crippen molar-refractivity contribution < 1.29 is 4.79 Å². The first kappa shape index (κ1) is 4.83. The maximum absolute atomic E-state index is 10.2. The number of aromatic nitrogens is 2. The van der Waals surface area contributed by atoms with Gasteiger partial charge in [0.05, 0.1) is 5.56 Å². The quantitative estimate of drug-likeness (QED) is 0.502. The summed E-state index contributed by atoms with van der Waals surface area (Å²) in [7, 11) is 0. The molecule has 1 aromatic heterocycles. The van der Waals surface area contributed by atoms with Crippen LogP contribution in [-0.4, -0.2) is 16.1 Å². The molecule has 4 heteroatoms. The van der Waals surface area contributed by atoms with Crippen molar-refractivity contribution in [3.05, 3.63) is 18.0 Å². The number of nitrogens with one attached hydrogen (secondary N) is 1. The van der Waals surface area contributed by atoms with Crippen LogP contribution in [0.2, 0.25) is 0 Å². The van der Waals surface area contributed by atoms with Gasteiger partial charge in [-0.3, -0.25) is 9.89 Å². The highest BCUT2D eigenvalue weighted by atomic mass is 16.1. The zero-order chi connectivity index (χ0) is 5.98. The minimum absolute atomic E-state index is 0.282. The predicted octanol–water partition coefficient (Wildman–Crippen LogP) is -0.691. The van der Waals surface area contributed by atoms with Crippen molar-refractivity contribution in [2.75, 3.05) is 0 Å². The molecule has 0 fully saturated rings. The molecule has 0 spiro atoms. The van der Waals surface area contributed by atoms with E-state index in [9.17, 15) is 4.79 Å². The molecule has 0 aliphatic carbocycles. The van der Waals surface area contributed by atoms with Crippen LogP contribution in [0.1, 0.15) is 10.4 Å². The van der Waals surface area contributed by atoms with Crippen molar-refractivity contribution in [3.63, 3.8) is 0 Å². The number of H-pyrrole nitrogens is 1. The molecule has 3 N–H and O–H groups in total. The van der Waals surface area contributed by atoms with Crippen LogP contribution < -0.4 is 5.73 Å². The van der Waals surface area contributed by atoms with E-state index in [0.717, 1.165) is 0 Å². The van der Waals surface area contributed by atoms with Gasteiger partial charge in [0.2, 0.25) is 0 Å². The van der Waals surface area contributed by atoms with Gasteiger partial charge >= 0.3 is 0 Å². The third-order valence-electron chi connectivity index (χ3n) is 0.715. The number of nitrogens with two attached hydrogens (primary N) is 1. The van der Waals surface area contributed by atoms with E-state index in [1.807, 2.05) is 0 Å². The number of primary amides is 1. The molecule has 8 heavy (non-hydrogen) atoms. The molecule has 4 nitrogen and oxygen atoms in total. The van der Waals surface area contributed by atoms with Crippen molar-refractivity contribution >= 4 is 5.91 Å². The number of hydrogen-bond donors (Lipinski definition) is 2. The molecule has 1 heterocycles. The fraction of sp³-hybridized carbons (Fsp3) is 0. The number of amides is 1. The first-order chi connectivity index (χ1) is 3.80. The molecule has 0 atom stereocenters. The molecule has 1 radical (unpaired) electrons. The molecule has 0 aliphatic rings. The second-order valence-electron chi connectivity index (χ2n) is 1.27. The average molecular weight is 110 g/mol. The second-order valence-corrected chi connectivity index (χ2v) is 1.27. The molecule has 0 bridgehead atoms. The summed E-state index contributed by atoms with van der Waals surface area (Å²) in [6.07, 6.45) is 3.75. The maximum Gasteiger partial charge on any atom is 0.252 e. The van der Waals surface area contributed by atoms with Crippen molar-refractivity contribution in [2.24, 2.45) is 5.73 Å². The molecule has 0 aliphatic heterocycles. The Morgan fingerprint density at radius 3 is 3.00 bits per heavy atom. The summed E-state index contributed by atoms with van der Waals surface area (Å²) >= 11 is 0. The molecule has 0 aromatic carbocycles. The Bertz CT molecular complexity index is 179. The maximum atomic E-state index is 10.2. The van der Waals surface area contributed by atoms with Gasteiger partial charge in [-0.25, -0.2) is 0 Å². The van der Waals surface area contributed by atoms with Crippen LogP contribution in [0.15, 0.2) is 6.20 Å². The lowest BCUT2D eigenvalue weighted by Gasteiger charge is -1.77. The van der Waals surface area contributed by atoms with Crippen LogP contribution in [0, 0.1) is 6.20 Å². The van der Waals surface area contributed by atoms with E-state index in [1.54, 1.807) is 0 Å². The summed E-state index contributed by atoms with van der Waals surface area (Å²) in [6.45, 7) is 0. The van der Waals surface area contributed by atoms with Gasteiger partial charge in [-0.2, -0.15) is 5.10 Å². The van der Waals surface area contributed by atoms with Crippen molar-refractivity contribution in [1.82, 2.24) is 10.2 Å². The van der Waals surface area contributed by atoms with E-state index in [0.29, 0.717) is 0 Å². The number of nitrogens with zero attached hydrogens (tertiary/aromatic N) is 1. The Morgan fingerprint density at radius 2 is 2.75 bits per heavy atom. The summed E-state index contributed by atoms with van der Waals surface area (Å²) in [6, 6.07) is 0. The van der Waals surface area contributed by atoms with Crippen LogP contribution in [0.25, 0.3) is 0 Å². The minimum atomic E-state index is -0.515. The number of aromatic amines is 1. The van der Waals surface area contributed by atoms with Gasteiger partial charge < -0.3 is 5.73 Å². The Hall–Kier alpha value is -1.32. The molecular formula is C4H4N3O. The fourth-order valence-corrected chi connectivity index (χ4v) is 0.348. The molecule has 0 saturated carbocycles. The van der Waals surface area contributed by atoms with Crippen molar-refractivity contribution in [2.45, 2.75) is 0 Å². The highest BCUT2D eigenvalue weighted by Crippen LogP contribution is 1.87. The van der Waals surface area contributed by atoms with Gasteiger partial charge in [0.25, 0.3) is 5.91 Å². The Labute approximate surface area is 45.7 Å². The molecule has 1 rings (SSSR count). The first-order valence-electron chi connectivity index (χ1n) is 2.02. The standard InChI is InChI=1S/C4H4N3O/c5-4(8)3-1-6-7-2-3/h1H,(H2,5,8)(H,6,7).